The van der Waals surface area contributed by atoms with E-state index in [2.05, 4.69) is 71.5 Å². The van der Waals surface area contributed by atoms with Gasteiger partial charge >= 0.3 is 0 Å². The summed E-state index contributed by atoms with van der Waals surface area (Å²) in [5, 5.41) is 1.16. The molecule has 2 aromatic carbocycles. The van der Waals surface area contributed by atoms with Crippen molar-refractivity contribution in [2.24, 2.45) is 5.73 Å². The van der Waals surface area contributed by atoms with Crippen LogP contribution >= 0.6 is 0 Å². The molecule has 24 heavy (non-hydrogen) atoms. The number of aromatic nitrogens is 2. The molecule has 0 fully saturated rings. The Bertz CT molecular complexity index is 997. The Kier molecular flexibility index (Phi) is 3.63. The summed E-state index contributed by atoms with van der Waals surface area (Å²) < 4.78 is 0. The second-order valence-electron chi connectivity index (χ2n) is 6.05. The molecule has 3 N–H and O–H groups in total. The molecule has 0 spiro atoms. The minimum Gasteiger partial charge on any atom is -0.345 e. The summed E-state index contributed by atoms with van der Waals surface area (Å²) in [5.74, 6) is 0. The van der Waals surface area contributed by atoms with Crippen LogP contribution in [0.5, 0.6) is 0 Å². The second-order valence-corrected chi connectivity index (χ2v) is 6.05. The van der Waals surface area contributed by atoms with Crippen molar-refractivity contribution < 1.29 is 0 Å². The molecular weight excluding hydrogens is 294 g/mol. The summed E-state index contributed by atoms with van der Waals surface area (Å²) in [5.41, 5.74) is 13.7. The van der Waals surface area contributed by atoms with Crippen molar-refractivity contribution >= 4 is 11.0 Å². The van der Waals surface area contributed by atoms with Crippen molar-refractivity contribution in [3.63, 3.8) is 0 Å². The van der Waals surface area contributed by atoms with Crippen LogP contribution in [-0.2, 0) is 6.54 Å². The number of fused-ring (bicyclic) bond motifs is 1. The molecule has 2 heterocycles. The Morgan fingerprint density at radius 2 is 1.79 bits per heavy atom. The number of H-pyrrole nitrogens is 1. The van der Waals surface area contributed by atoms with Gasteiger partial charge in [-0.25, -0.2) is 4.98 Å². The van der Waals surface area contributed by atoms with Gasteiger partial charge in [-0.3, -0.25) is 0 Å². The van der Waals surface area contributed by atoms with Gasteiger partial charge < -0.3 is 10.7 Å². The van der Waals surface area contributed by atoms with Crippen molar-refractivity contribution in [2.75, 3.05) is 0 Å². The van der Waals surface area contributed by atoms with Crippen LogP contribution in [0.1, 0.15) is 11.1 Å². The van der Waals surface area contributed by atoms with E-state index in [-0.39, 0.29) is 0 Å². The van der Waals surface area contributed by atoms with E-state index in [0.29, 0.717) is 6.54 Å². The number of pyridine rings is 1. The van der Waals surface area contributed by atoms with E-state index >= 15 is 0 Å². The van der Waals surface area contributed by atoms with Gasteiger partial charge in [0.25, 0.3) is 0 Å². The molecule has 0 amide bonds. The molecule has 0 unspecified atom stereocenters. The van der Waals surface area contributed by atoms with Crippen molar-refractivity contribution in [3.8, 4) is 22.3 Å². The standard InChI is InChI=1S/C21H19N3/c1-14-3-2-4-17(11-14)19-13-24-21-20(19)18(9-10-23-21)16-7-5-15(12-22)6-8-16/h2-11,13H,12,22H2,1H3,(H,23,24). The molecule has 0 radical (unpaired) electrons. The summed E-state index contributed by atoms with van der Waals surface area (Å²) >= 11 is 0. The fourth-order valence-electron chi connectivity index (χ4n) is 3.16. The molecule has 0 bridgehead atoms. The highest BCUT2D eigenvalue weighted by Crippen LogP contribution is 2.35. The van der Waals surface area contributed by atoms with Crippen LogP contribution < -0.4 is 5.73 Å². The fourth-order valence-corrected chi connectivity index (χ4v) is 3.16. The molecule has 118 valence electrons. The minimum atomic E-state index is 0.560. The van der Waals surface area contributed by atoms with Gasteiger partial charge in [0.2, 0.25) is 0 Å². The maximum Gasteiger partial charge on any atom is 0.138 e. The zero-order valence-electron chi connectivity index (χ0n) is 13.6. The Balaban J connectivity index is 1.94. The first kappa shape index (κ1) is 14.7. The van der Waals surface area contributed by atoms with Crippen molar-refractivity contribution in [2.45, 2.75) is 13.5 Å². The van der Waals surface area contributed by atoms with Crippen LogP contribution in [0.15, 0.2) is 67.0 Å². The summed E-state index contributed by atoms with van der Waals surface area (Å²) in [6.45, 7) is 2.67. The lowest BCUT2D eigenvalue weighted by molar-refractivity contribution is 1.07. The summed E-state index contributed by atoms with van der Waals surface area (Å²) in [7, 11) is 0. The molecule has 0 atom stereocenters. The quantitative estimate of drug-likeness (QED) is 0.578. The Hall–Kier alpha value is -2.91. The lowest BCUT2D eigenvalue weighted by Crippen LogP contribution is -1.95. The highest BCUT2D eigenvalue weighted by atomic mass is 14.8. The summed E-state index contributed by atoms with van der Waals surface area (Å²) in [6, 6.07) is 19.1. The zero-order valence-corrected chi connectivity index (χ0v) is 13.6. The first-order chi connectivity index (χ1) is 11.8. The summed E-state index contributed by atoms with van der Waals surface area (Å²) in [4.78, 5) is 7.80. The largest absolute Gasteiger partial charge is 0.345 e. The van der Waals surface area contributed by atoms with Gasteiger partial charge in [0.05, 0.1) is 0 Å². The third-order valence-corrected chi connectivity index (χ3v) is 4.40. The maximum absolute atomic E-state index is 5.71. The molecule has 3 nitrogen and oxygen atoms in total. The lowest BCUT2D eigenvalue weighted by Gasteiger charge is -2.08. The van der Waals surface area contributed by atoms with Gasteiger partial charge in [-0.2, -0.15) is 0 Å². The van der Waals surface area contributed by atoms with E-state index < -0.39 is 0 Å². The van der Waals surface area contributed by atoms with Crippen molar-refractivity contribution in [3.05, 3.63) is 78.1 Å². The third-order valence-electron chi connectivity index (χ3n) is 4.40. The van der Waals surface area contributed by atoms with Gasteiger partial charge in [-0.1, -0.05) is 54.1 Å². The lowest BCUT2D eigenvalue weighted by atomic mass is 9.96. The van der Waals surface area contributed by atoms with Gasteiger partial charge in [-0.05, 0) is 35.2 Å². The Morgan fingerprint density at radius 1 is 0.958 bits per heavy atom. The fraction of sp³-hybridized carbons (Fsp3) is 0.0952. The van der Waals surface area contributed by atoms with Crippen LogP contribution in [0.4, 0.5) is 0 Å². The van der Waals surface area contributed by atoms with Crippen molar-refractivity contribution in [1.82, 2.24) is 9.97 Å². The first-order valence-corrected chi connectivity index (χ1v) is 8.09. The molecule has 3 heteroatoms. The van der Waals surface area contributed by atoms with Crippen molar-refractivity contribution in [1.29, 1.82) is 0 Å². The molecular formula is C21H19N3. The number of nitrogens with two attached hydrogens (primary N) is 1. The number of nitrogens with one attached hydrogen (secondary N) is 1. The zero-order chi connectivity index (χ0) is 16.5. The third kappa shape index (κ3) is 2.49. The molecule has 0 saturated heterocycles. The van der Waals surface area contributed by atoms with E-state index in [9.17, 15) is 0 Å². The molecule has 0 aliphatic heterocycles. The monoisotopic (exact) mass is 313 g/mol. The van der Waals surface area contributed by atoms with E-state index in [1.165, 1.54) is 27.8 Å². The number of hydrogen-bond donors (Lipinski definition) is 2. The molecule has 0 aliphatic carbocycles. The Labute approximate surface area is 141 Å². The number of nitrogens with zero attached hydrogens (tertiary/aromatic N) is 1. The van der Waals surface area contributed by atoms with Crippen LogP contribution in [0.25, 0.3) is 33.3 Å². The van der Waals surface area contributed by atoms with Gasteiger partial charge in [0, 0.05) is 29.9 Å². The number of aryl methyl sites for hydroxylation is 1. The molecule has 0 aliphatic rings. The van der Waals surface area contributed by atoms with Crippen LogP contribution in [0.2, 0.25) is 0 Å². The molecule has 4 aromatic rings. The number of aromatic amines is 1. The predicted octanol–water partition coefficient (Wildman–Crippen LogP) is 4.66. The number of hydrogen-bond acceptors (Lipinski definition) is 2. The topological polar surface area (TPSA) is 54.7 Å². The number of rotatable bonds is 3. The summed E-state index contributed by atoms with van der Waals surface area (Å²) in [6.07, 6.45) is 3.90. The highest BCUT2D eigenvalue weighted by molar-refractivity contribution is 6.04. The molecule has 2 aromatic heterocycles. The second kappa shape index (κ2) is 5.95. The normalized spacial score (nSPS) is 11.1. The number of benzene rings is 2. The predicted molar refractivity (Wildman–Crippen MR) is 99.6 cm³/mol. The average Bonchev–Trinajstić information content (AvgIpc) is 3.06. The van der Waals surface area contributed by atoms with E-state index in [0.717, 1.165) is 16.6 Å². The van der Waals surface area contributed by atoms with Crippen LogP contribution in [0, 0.1) is 6.92 Å². The van der Waals surface area contributed by atoms with Crippen LogP contribution in [-0.4, -0.2) is 9.97 Å². The smallest absolute Gasteiger partial charge is 0.138 e. The van der Waals surface area contributed by atoms with E-state index in [1.807, 2.05) is 12.4 Å². The highest BCUT2D eigenvalue weighted by Gasteiger charge is 2.12. The Morgan fingerprint density at radius 3 is 2.54 bits per heavy atom. The maximum atomic E-state index is 5.71. The SMILES string of the molecule is Cc1cccc(-c2c[nH]c3nccc(-c4ccc(CN)cc4)c23)c1. The van der Waals surface area contributed by atoms with Crippen LogP contribution in [0.3, 0.4) is 0 Å². The van der Waals surface area contributed by atoms with Gasteiger partial charge in [-0.15, -0.1) is 0 Å². The minimum absolute atomic E-state index is 0.560. The van der Waals surface area contributed by atoms with Gasteiger partial charge in [0.15, 0.2) is 0 Å². The first-order valence-electron chi connectivity index (χ1n) is 8.09. The molecule has 0 saturated carbocycles. The van der Waals surface area contributed by atoms with Gasteiger partial charge in [0.1, 0.15) is 5.65 Å². The average molecular weight is 313 g/mol. The molecule has 4 rings (SSSR count). The van der Waals surface area contributed by atoms with E-state index in [4.69, 9.17) is 5.73 Å². The van der Waals surface area contributed by atoms with E-state index in [1.54, 1.807) is 0 Å².